The van der Waals surface area contributed by atoms with E-state index in [0.29, 0.717) is 29.8 Å². The molecule has 33 heavy (non-hydrogen) atoms. The van der Waals surface area contributed by atoms with Crippen molar-refractivity contribution in [1.29, 1.82) is 0 Å². The molecule has 2 aromatic carbocycles. The van der Waals surface area contributed by atoms with E-state index in [0.717, 1.165) is 4.35 Å². The number of hydrogen-bond donors (Lipinski definition) is 2. The number of hydrogen-bond acceptors (Lipinski definition) is 4. The van der Waals surface area contributed by atoms with Crippen molar-refractivity contribution in [2.75, 3.05) is 13.2 Å². The SMILES string of the molecule is CC(C)CN(C(CO)CCCC(C)(C(N)=O)c1ccccc1Cl)S(=O)(=O)c1ccc([As])cc1. The van der Waals surface area contributed by atoms with Crippen LogP contribution in [0, 0.1) is 5.92 Å². The number of halogens is 1. The zero-order chi connectivity index (χ0) is 24.8. The van der Waals surface area contributed by atoms with Gasteiger partial charge in [-0.1, -0.05) is 29.8 Å². The number of carbonyl (C=O) groups excluding carboxylic acids is 1. The van der Waals surface area contributed by atoms with Crippen molar-refractivity contribution < 1.29 is 18.3 Å². The van der Waals surface area contributed by atoms with Crippen molar-refractivity contribution >= 4 is 48.7 Å². The minimum absolute atomic E-state index is 0.0648. The van der Waals surface area contributed by atoms with Crippen LogP contribution in [0.4, 0.5) is 0 Å². The van der Waals surface area contributed by atoms with Gasteiger partial charge in [0.25, 0.3) is 0 Å². The van der Waals surface area contributed by atoms with Crippen molar-refractivity contribution in [2.45, 2.75) is 56.4 Å². The molecule has 180 valence electrons. The molecule has 2 rings (SSSR count). The van der Waals surface area contributed by atoms with Crippen LogP contribution in [0.15, 0.2) is 53.4 Å². The van der Waals surface area contributed by atoms with Crippen LogP contribution in [0.5, 0.6) is 0 Å². The first-order valence-electron chi connectivity index (χ1n) is 10.9. The van der Waals surface area contributed by atoms with Crippen molar-refractivity contribution in [1.82, 2.24) is 4.31 Å². The average molecular weight is 555 g/mol. The summed E-state index contributed by atoms with van der Waals surface area (Å²) in [5, 5.41) is 10.6. The van der Waals surface area contributed by atoms with Gasteiger partial charge in [0, 0.05) is 5.02 Å². The number of sulfonamides is 1. The van der Waals surface area contributed by atoms with Gasteiger partial charge in [-0.3, -0.25) is 4.79 Å². The molecule has 0 heterocycles. The molecular weight excluding hydrogens is 523 g/mol. The fourth-order valence-electron chi connectivity index (χ4n) is 3.87. The van der Waals surface area contributed by atoms with Crippen molar-refractivity contribution in [3.8, 4) is 0 Å². The molecule has 0 aliphatic rings. The van der Waals surface area contributed by atoms with Gasteiger partial charge >= 0.3 is 160 Å². The molecule has 0 spiro atoms. The first-order valence-corrected chi connectivity index (χ1v) is 13.7. The van der Waals surface area contributed by atoms with E-state index in [1.165, 1.54) is 4.31 Å². The first-order chi connectivity index (χ1) is 15.4. The summed E-state index contributed by atoms with van der Waals surface area (Å²) in [4.78, 5) is 12.6. The summed E-state index contributed by atoms with van der Waals surface area (Å²) in [5.74, 6) is -0.434. The predicted octanol–water partition coefficient (Wildman–Crippen LogP) is 2.75. The molecular formula is C24H32AsClN2O4S. The van der Waals surface area contributed by atoms with E-state index in [-0.39, 0.29) is 24.0 Å². The molecule has 0 bridgehead atoms. The number of aliphatic hydroxyl groups is 1. The summed E-state index contributed by atoms with van der Waals surface area (Å²) in [6, 6.07) is 13.1. The Labute approximate surface area is 211 Å². The summed E-state index contributed by atoms with van der Waals surface area (Å²) in [5.41, 5.74) is 5.39. The van der Waals surface area contributed by atoms with Gasteiger partial charge in [0.15, 0.2) is 0 Å². The summed E-state index contributed by atoms with van der Waals surface area (Å²) >= 11 is 8.70. The van der Waals surface area contributed by atoms with E-state index in [1.807, 2.05) is 13.8 Å². The van der Waals surface area contributed by atoms with Crippen LogP contribution in [-0.2, 0) is 20.2 Å². The Bertz CT molecular complexity index is 1050. The number of benzene rings is 2. The van der Waals surface area contributed by atoms with Crippen molar-refractivity contribution in [2.24, 2.45) is 11.7 Å². The monoisotopic (exact) mass is 554 g/mol. The Morgan fingerprint density at radius 3 is 2.30 bits per heavy atom. The number of aliphatic hydroxyl groups excluding tert-OH is 1. The third kappa shape index (κ3) is 6.83. The van der Waals surface area contributed by atoms with Crippen LogP contribution in [0.1, 0.15) is 45.6 Å². The molecule has 2 aromatic rings. The summed E-state index contributed by atoms with van der Waals surface area (Å²) in [6.07, 6.45) is 1.23. The van der Waals surface area contributed by atoms with E-state index in [2.05, 4.69) is 16.9 Å². The number of nitrogens with zero attached hydrogens (tertiary/aromatic N) is 1. The summed E-state index contributed by atoms with van der Waals surface area (Å²) < 4.78 is 29.2. The fraction of sp³-hybridized carbons (Fsp3) is 0.458. The van der Waals surface area contributed by atoms with E-state index in [9.17, 15) is 18.3 Å². The first kappa shape index (κ1) is 27.9. The minimum atomic E-state index is -3.81. The van der Waals surface area contributed by atoms with Gasteiger partial charge in [0.1, 0.15) is 0 Å². The molecule has 2 radical (unpaired) electrons. The van der Waals surface area contributed by atoms with Crippen LogP contribution in [0.2, 0.25) is 5.02 Å². The van der Waals surface area contributed by atoms with Gasteiger partial charge in [0.05, 0.1) is 0 Å². The Balaban J connectivity index is 2.27. The number of carbonyl (C=O) groups is 1. The maximum atomic E-state index is 13.4. The van der Waals surface area contributed by atoms with Crippen LogP contribution >= 0.6 is 11.6 Å². The molecule has 0 aliphatic heterocycles. The topological polar surface area (TPSA) is 101 Å². The second-order valence-electron chi connectivity index (χ2n) is 8.87. The standard InChI is InChI=1S/C24H32AsClN2O4S/c1-17(2)15-28(33(31,32)20-12-10-18(25)11-13-20)19(16-29)7-6-14-24(3,23(27)30)21-8-4-5-9-22(21)26/h4-5,8-13,17,19,29H,6-7,14-16H2,1-3H3,(H2,27,30). The second kappa shape index (κ2) is 11.9. The number of nitrogens with two attached hydrogens (primary N) is 1. The molecule has 0 aliphatic carbocycles. The Hall–Kier alpha value is -1.37. The van der Waals surface area contributed by atoms with E-state index in [4.69, 9.17) is 17.3 Å². The van der Waals surface area contributed by atoms with Gasteiger partial charge in [-0.2, -0.15) is 0 Å². The molecule has 0 saturated heterocycles. The summed E-state index contributed by atoms with van der Waals surface area (Å²) in [7, 11) is -3.81. The van der Waals surface area contributed by atoms with Gasteiger partial charge in [0.2, 0.25) is 0 Å². The second-order valence-corrected chi connectivity index (χ2v) is 12.2. The van der Waals surface area contributed by atoms with E-state index < -0.39 is 27.4 Å². The fourth-order valence-corrected chi connectivity index (χ4v) is 6.34. The number of amides is 1. The quantitative estimate of drug-likeness (QED) is 0.394. The molecule has 2 unspecified atom stereocenters. The van der Waals surface area contributed by atoms with Crippen molar-refractivity contribution in [3.63, 3.8) is 0 Å². The Kier molecular flexibility index (Phi) is 10.0. The Morgan fingerprint density at radius 1 is 1.18 bits per heavy atom. The van der Waals surface area contributed by atoms with Gasteiger partial charge in [-0.25, -0.2) is 0 Å². The molecule has 1 amide bonds. The Morgan fingerprint density at radius 2 is 1.79 bits per heavy atom. The molecule has 2 atom stereocenters. The van der Waals surface area contributed by atoms with Crippen LogP contribution in [0.3, 0.4) is 0 Å². The average Bonchev–Trinajstić information content (AvgIpc) is 2.75. The van der Waals surface area contributed by atoms with Crippen LogP contribution in [0.25, 0.3) is 0 Å². The maximum absolute atomic E-state index is 13.4. The molecule has 9 heteroatoms. The molecule has 3 N–H and O–H groups in total. The number of rotatable bonds is 12. The predicted molar refractivity (Wildman–Crippen MR) is 133 cm³/mol. The molecule has 0 aromatic heterocycles. The van der Waals surface area contributed by atoms with Crippen LogP contribution < -0.4 is 10.1 Å². The van der Waals surface area contributed by atoms with Gasteiger partial charge in [-0.05, 0) is 6.07 Å². The van der Waals surface area contributed by atoms with E-state index in [1.54, 1.807) is 55.5 Å². The summed E-state index contributed by atoms with van der Waals surface area (Å²) in [6.45, 7) is 5.57. The molecule has 0 fully saturated rings. The zero-order valence-electron chi connectivity index (χ0n) is 19.2. The normalized spacial score (nSPS) is 14.9. The van der Waals surface area contributed by atoms with Gasteiger partial charge in [-0.15, -0.1) is 0 Å². The van der Waals surface area contributed by atoms with Gasteiger partial charge < -0.3 is 5.73 Å². The van der Waals surface area contributed by atoms with Crippen LogP contribution in [-0.4, -0.2) is 59.8 Å². The van der Waals surface area contributed by atoms with E-state index >= 15 is 0 Å². The number of primary amides is 1. The third-order valence-corrected chi connectivity index (χ3v) is 8.72. The molecule has 0 saturated carbocycles. The molecule has 6 nitrogen and oxygen atoms in total. The van der Waals surface area contributed by atoms with Crippen molar-refractivity contribution in [3.05, 3.63) is 59.1 Å². The zero-order valence-corrected chi connectivity index (χ0v) is 22.7. The third-order valence-electron chi connectivity index (χ3n) is 5.83.